The molecule has 0 bridgehead atoms. The molecule has 1 amide bonds. The molecule has 1 heterocycles. The summed E-state index contributed by atoms with van der Waals surface area (Å²) >= 11 is 1.70. The minimum absolute atomic E-state index is 0.149. The molecule has 0 radical (unpaired) electrons. The molecule has 0 saturated heterocycles. The molecule has 0 saturated carbocycles. The quantitative estimate of drug-likeness (QED) is 0.770. The first-order chi connectivity index (χ1) is 9.04. The van der Waals surface area contributed by atoms with Gasteiger partial charge in [-0.25, -0.2) is 0 Å². The molecule has 3 nitrogen and oxygen atoms in total. The van der Waals surface area contributed by atoms with Crippen LogP contribution in [0.3, 0.4) is 0 Å². The van der Waals surface area contributed by atoms with Gasteiger partial charge in [0.2, 0.25) is 5.91 Å². The van der Waals surface area contributed by atoms with Gasteiger partial charge < -0.3 is 11.1 Å². The van der Waals surface area contributed by atoms with Crippen LogP contribution in [0.1, 0.15) is 43.6 Å². The first kappa shape index (κ1) is 16.2. The summed E-state index contributed by atoms with van der Waals surface area (Å²) in [6.07, 6.45) is 2.55. The van der Waals surface area contributed by atoms with Gasteiger partial charge in [0, 0.05) is 11.3 Å². The predicted octanol–water partition coefficient (Wildman–Crippen LogP) is 3.07. The van der Waals surface area contributed by atoms with Gasteiger partial charge >= 0.3 is 0 Å². The molecule has 3 N–H and O–H groups in total. The summed E-state index contributed by atoms with van der Waals surface area (Å²) in [5.41, 5.74) is 6.87. The van der Waals surface area contributed by atoms with Gasteiger partial charge in [-0.1, -0.05) is 13.8 Å². The van der Waals surface area contributed by atoms with Crippen LogP contribution in [0.5, 0.6) is 0 Å². The van der Waals surface area contributed by atoms with Crippen LogP contribution < -0.4 is 11.1 Å². The predicted molar refractivity (Wildman–Crippen MR) is 82.1 cm³/mol. The van der Waals surface area contributed by atoms with Gasteiger partial charge in [0.25, 0.3) is 0 Å². The van der Waals surface area contributed by atoms with Crippen molar-refractivity contribution in [3.8, 4) is 0 Å². The molecule has 19 heavy (non-hydrogen) atoms. The van der Waals surface area contributed by atoms with E-state index in [0.717, 1.165) is 12.8 Å². The van der Waals surface area contributed by atoms with Crippen LogP contribution in [0, 0.1) is 18.8 Å². The van der Waals surface area contributed by atoms with E-state index in [1.54, 1.807) is 11.3 Å². The van der Waals surface area contributed by atoms with Gasteiger partial charge in [-0.15, -0.1) is 11.3 Å². The number of nitrogens with one attached hydrogen (secondary N) is 1. The zero-order chi connectivity index (χ0) is 14.3. The Morgan fingerprint density at radius 3 is 2.68 bits per heavy atom. The number of hydrogen-bond donors (Lipinski definition) is 2. The number of rotatable bonds is 8. The van der Waals surface area contributed by atoms with E-state index in [0.29, 0.717) is 31.3 Å². The summed E-state index contributed by atoms with van der Waals surface area (Å²) < 4.78 is 0. The molecular weight excluding hydrogens is 256 g/mol. The van der Waals surface area contributed by atoms with Crippen LogP contribution in [0.25, 0.3) is 0 Å². The number of amides is 1. The maximum absolute atomic E-state index is 11.8. The zero-order valence-electron chi connectivity index (χ0n) is 12.2. The Balaban J connectivity index is 2.29. The van der Waals surface area contributed by atoms with Gasteiger partial charge in [0.15, 0.2) is 0 Å². The molecule has 1 aromatic rings. The second-order valence-corrected chi connectivity index (χ2v) is 6.42. The molecule has 0 spiro atoms. The van der Waals surface area contributed by atoms with Gasteiger partial charge in [0.05, 0.1) is 6.54 Å². The molecule has 1 rings (SSSR count). The van der Waals surface area contributed by atoms with Crippen LogP contribution in [0.15, 0.2) is 11.4 Å². The van der Waals surface area contributed by atoms with E-state index in [9.17, 15) is 4.79 Å². The molecule has 1 atom stereocenters. The van der Waals surface area contributed by atoms with Crippen molar-refractivity contribution < 1.29 is 4.79 Å². The van der Waals surface area contributed by atoms with Crippen molar-refractivity contribution in [1.82, 2.24) is 5.32 Å². The van der Waals surface area contributed by atoms with Crippen molar-refractivity contribution in [2.45, 2.75) is 46.6 Å². The van der Waals surface area contributed by atoms with Gasteiger partial charge in [-0.3, -0.25) is 4.79 Å². The third-order valence-electron chi connectivity index (χ3n) is 3.64. The van der Waals surface area contributed by atoms with Crippen molar-refractivity contribution in [1.29, 1.82) is 0 Å². The number of carbonyl (C=O) groups is 1. The normalized spacial score (nSPS) is 12.7. The van der Waals surface area contributed by atoms with Crippen LogP contribution in [0.2, 0.25) is 0 Å². The molecule has 108 valence electrons. The summed E-state index contributed by atoms with van der Waals surface area (Å²) in [7, 11) is 0. The highest BCUT2D eigenvalue weighted by molar-refractivity contribution is 7.10. The Morgan fingerprint density at radius 1 is 1.42 bits per heavy atom. The van der Waals surface area contributed by atoms with Crippen molar-refractivity contribution in [2.24, 2.45) is 17.6 Å². The SMILES string of the molecule is Cc1ccsc1CNC(=O)CCC(CCN)C(C)C. The number of aryl methyl sites for hydroxylation is 1. The van der Waals surface area contributed by atoms with Crippen molar-refractivity contribution in [2.75, 3.05) is 6.54 Å². The maximum atomic E-state index is 11.8. The minimum Gasteiger partial charge on any atom is -0.351 e. The van der Waals surface area contributed by atoms with Crippen molar-refractivity contribution in [3.05, 3.63) is 21.9 Å². The fourth-order valence-corrected chi connectivity index (χ4v) is 3.04. The Hall–Kier alpha value is -0.870. The summed E-state index contributed by atoms with van der Waals surface area (Å²) in [4.78, 5) is 13.1. The molecule has 1 unspecified atom stereocenters. The van der Waals surface area contributed by atoms with Crippen LogP contribution in [0.4, 0.5) is 0 Å². The van der Waals surface area contributed by atoms with E-state index in [-0.39, 0.29) is 5.91 Å². The highest BCUT2D eigenvalue weighted by Gasteiger charge is 2.14. The Morgan fingerprint density at radius 2 is 2.16 bits per heavy atom. The fourth-order valence-electron chi connectivity index (χ4n) is 2.19. The first-order valence-corrected chi connectivity index (χ1v) is 7.92. The number of nitrogens with two attached hydrogens (primary N) is 1. The van der Waals surface area contributed by atoms with E-state index in [4.69, 9.17) is 5.73 Å². The van der Waals surface area contributed by atoms with Crippen LogP contribution in [-0.2, 0) is 11.3 Å². The summed E-state index contributed by atoms with van der Waals surface area (Å²) in [6.45, 7) is 7.85. The highest BCUT2D eigenvalue weighted by atomic mass is 32.1. The van der Waals surface area contributed by atoms with E-state index >= 15 is 0 Å². The van der Waals surface area contributed by atoms with E-state index in [2.05, 4.69) is 37.5 Å². The Bertz CT molecular complexity index is 387. The molecule has 0 aliphatic carbocycles. The third-order valence-corrected chi connectivity index (χ3v) is 4.66. The van der Waals surface area contributed by atoms with Crippen LogP contribution in [-0.4, -0.2) is 12.5 Å². The van der Waals surface area contributed by atoms with Crippen molar-refractivity contribution >= 4 is 17.2 Å². The average molecular weight is 282 g/mol. The number of hydrogen-bond acceptors (Lipinski definition) is 3. The summed E-state index contributed by atoms with van der Waals surface area (Å²) in [6, 6.07) is 2.09. The lowest BCUT2D eigenvalue weighted by Crippen LogP contribution is -2.24. The average Bonchev–Trinajstić information content (AvgIpc) is 2.77. The second-order valence-electron chi connectivity index (χ2n) is 5.42. The van der Waals surface area contributed by atoms with Gasteiger partial charge in [0.1, 0.15) is 0 Å². The Labute approximate surface area is 120 Å². The Kier molecular flexibility index (Phi) is 7.10. The standard InChI is InChI=1S/C15H26N2OS/c1-11(2)13(6-8-16)4-5-15(18)17-10-14-12(3)7-9-19-14/h7,9,11,13H,4-6,8,10,16H2,1-3H3,(H,17,18). The molecule has 0 fully saturated rings. The third kappa shape index (κ3) is 5.74. The van der Waals surface area contributed by atoms with Crippen LogP contribution >= 0.6 is 11.3 Å². The van der Waals surface area contributed by atoms with E-state index in [1.807, 2.05) is 0 Å². The van der Waals surface area contributed by atoms with E-state index in [1.165, 1.54) is 10.4 Å². The minimum atomic E-state index is 0.149. The first-order valence-electron chi connectivity index (χ1n) is 7.04. The largest absolute Gasteiger partial charge is 0.351 e. The van der Waals surface area contributed by atoms with Gasteiger partial charge in [-0.05, 0) is 55.2 Å². The van der Waals surface area contributed by atoms with E-state index < -0.39 is 0 Å². The lowest BCUT2D eigenvalue weighted by atomic mass is 9.88. The molecular formula is C15H26N2OS. The number of thiophene rings is 1. The second kappa shape index (κ2) is 8.33. The lowest BCUT2D eigenvalue weighted by molar-refractivity contribution is -0.121. The highest BCUT2D eigenvalue weighted by Crippen LogP contribution is 2.20. The summed E-state index contributed by atoms with van der Waals surface area (Å²) in [5.74, 6) is 1.30. The van der Waals surface area contributed by atoms with Gasteiger partial charge in [-0.2, -0.15) is 0 Å². The van der Waals surface area contributed by atoms with Crippen molar-refractivity contribution in [3.63, 3.8) is 0 Å². The molecule has 1 aromatic heterocycles. The monoisotopic (exact) mass is 282 g/mol. The molecule has 0 aromatic carbocycles. The zero-order valence-corrected chi connectivity index (χ0v) is 13.1. The lowest BCUT2D eigenvalue weighted by Gasteiger charge is -2.19. The topological polar surface area (TPSA) is 55.1 Å². The maximum Gasteiger partial charge on any atom is 0.220 e. The smallest absolute Gasteiger partial charge is 0.220 e. The summed E-state index contributed by atoms with van der Waals surface area (Å²) in [5, 5.41) is 5.06. The molecule has 4 heteroatoms. The number of carbonyl (C=O) groups excluding carboxylic acids is 1. The molecule has 0 aliphatic rings. The fraction of sp³-hybridized carbons (Fsp3) is 0.667. The molecule has 0 aliphatic heterocycles.